The minimum Gasteiger partial charge on any atom is -0.304 e. The molecule has 0 atom stereocenters. The van der Waals surface area contributed by atoms with Crippen molar-refractivity contribution in [3.63, 3.8) is 0 Å². The highest BCUT2D eigenvalue weighted by molar-refractivity contribution is 6.33. The number of halogens is 4. The molecule has 0 aromatic heterocycles. The molecule has 2 amide bonds. The molecule has 0 aliphatic carbocycles. The summed E-state index contributed by atoms with van der Waals surface area (Å²) in [5.41, 5.74) is -0.902. The van der Waals surface area contributed by atoms with Gasteiger partial charge in [0.2, 0.25) is 0 Å². The summed E-state index contributed by atoms with van der Waals surface area (Å²) in [5.74, 6) is -2.65. The van der Waals surface area contributed by atoms with Crippen LogP contribution in [0.5, 0.6) is 0 Å². The molecule has 2 rings (SSSR count). The second-order valence-corrected chi connectivity index (χ2v) is 4.18. The lowest BCUT2D eigenvalue weighted by atomic mass is 10.3. The summed E-state index contributed by atoms with van der Waals surface area (Å²) in [6, 6.07) is 5.92. The van der Waals surface area contributed by atoms with E-state index in [0.717, 1.165) is 24.3 Å². The molecule has 0 saturated heterocycles. The van der Waals surface area contributed by atoms with Crippen molar-refractivity contribution < 1.29 is 18.0 Å². The highest BCUT2D eigenvalue weighted by Gasteiger charge is 2.14. The first-order chi connectivity index (χ1) is 9.49. The van der Waals surface area contributed by atoms with Gasteiger partial charge in [0.1, 0.15) is 23.1 Å². The Morgan fingerprint density at radius 3 is 1.85 bits per heavy atom. The number of nitrogens with one attached hydrogen (secondary N) is 2. The molecule has 2 aromatic carbocycles. The Morgan fingerprint density at radius 1 is 0.850 bits per heavy atom. The smallest absolute Gasteiger partial charge is 0.304 e. The Bertz CT molecular complexity index is 568. The fourth-order valence-electron chi connectivity index (χ4n) is 1.49. The molecule has 104 valence electrons. The number of carbonyl (C=O) groups is 1. The van der Waals surface area contributed by atoms with Crippen LogP contribution in [-0.2, 0) is 0 Å². The lowest BCUT2D eigenvalue weighted by Gasteiger charge is -2.10. The van der Waals surface area contributed by atoms with E-state index >= 15 is 0 Å². The summed E-state index contributed by atoms with van der Waals surface area (Å²) in [5, 5.41) is 4.01. The third-order valence-corrected chi connectivity index (χ3v) is 2.72. The van der Waals surface area contributed by atoms with E-state index < -0.39 is 29.2 Å². The van der Waals surface area contributed by atoms with Crippen LogP contribution in [0, 0.1) is 17.5 Å². The third-order valence-electron chi connectivity index (χ3n) is 2.40. The number of urea groups is 1. The molecule has 20 heavy (non-hydrogen) atoms. The molecule has 7 heteroatoms. The van der Waals surface area contributed by atoms with Gasteiger partial charge >= 0.3 is 6.03 Å². The summed E-state index contributed by atoms with van der Waals surface area (Å²) in [7, 11) is 0. The molecule has 0 fully saturated rings. The molecular weight excluding hydrogens is 293 g/mol. The summed E-state index contributed by atoms with van der Waals surface area (Å²) in [6.07, 6.45) is 0. The van der Waals surface area contributed by atoms with Crippen LogP contribution in [0.3, 0.4) is 0 Å². The van der Waals surface area contributed by atoms with Gasteiger partial charge in [-0.25, -0.2) is 18.0 Å². The van der Waals surface area contributed by atoms with Gasteiger partial charge in [0.25, 0.3) is 0 Å². The van der Waals surface area contributed by atoms with Crippen molar-refractivity contribution in [2.75, 3.05) is 10.6 Å². The van der Waals surface area contributed by atoms with Gasteiger partial charge in [-0.3, -0.25) is 0 Å². The Morgan fingerprint density at radius 2 is 1.30 bits per heavy atom. The first-order valence-corrected chi connectivity index (χ1v) is 5.83. The van der Waals surface area contributed by atoms with Gasteiger partial charge in [0.05, 0.1) is 10.7 Å². The highest BCUT2D eigenvalue weighted by Crippen LogP contribution is 2.25. The van der Waals surface area contributed by atoms with E-state index in [-0.39, 0.29) is 10.7 Å². The lowest BCUT2D eigenvalue weighted by molar-refractivity contribution is 0.262. The van der Waals surface area contributed by atoms with Crippen molar-refractivity contribution in [2.45, 2.75) is 0 Å². The minimum absolute atomic E-state index is 0.0332. The van der Waals surface area contributed by atoms with Gasteiger partial charge < -0.3 is 10.6 Å². The molecule has 0 saturated carbocycles. The predicted octanol–water partition coefficient (Wildman–Crippen LogP) is 4.40. The fraction of sp³-hybridized carbons (Fsp3) is 0. The van der Waals surface area contributed by atoms with Crippen molar-refractivity contribution in [1.82, 2.24) is 0 Å². The summed E-state index contributed by atoms with van der Waals surface area (Å²) < 4.78 is 40.1. The van der Waals surface area contributed by atoms with Crippen LogP contribution < -0.4 is 10.6 Å². The van der Waals surface area contributed by atoms with Gasteiger partial charge in [0.15, 0.2) is 0 Å². The van der Waals surface area contributed by atoms with Crippen molar-refractivity contribution in [3.05, 3.63) is 58.9 Å². The molecule has 0 spiro atoms. The topological polar surface area (TPSA) is 41.1 Å². The standard InChI is InChI=1S/C13H8ClF3N2O/c14-7-3-1-4-8(15)11(7)18-13(20)19-12-9(16)5-2-6-10(12)17/h1-6H,(H2,18,19,20). The van der Waals surface area contributed by atoms with Crippen LogP contribution in [0.15, 0.2) is 36.4 Å². The number of rotatable bonds is 2. The van der Waals surface area contributed by atoms with E-state index in [2.05, 4.69) is 5.32 Å². The molecule has 0 aliphatic rings. The molecular formula is C13H8ClF3N2O. The second kappa shape index (κ2) is 5.83. The van der Waals surface area contributed by atoms with Crippen LogP contribution in [0.2, 0.25) is 5.02 Å². The van der Waals surface area contributed by atoms with Gasteiger partial charge in [0, 0.05) is 0 Å². The average Bonchev–Trinajstić information content (AvgIpc) is 2.39. The van der Waals surface area contributed by atoms with Gasteiger partial charge in [-0.05, 0) is 24.3 Å². The maximum atomic E-state index is 13.4. The molecule has 2 N–H and O–H groups in total. The highest BCUT2D eigenvalue weighted by atomic mass is 35.5. The molecule has 3 nitrogen and oxygen atoms in total. The number of para-hydroxylation sites is 2. The molecule has 0 aliphatic heterocycles. The number of carbonyl (C=O) groups excluding carboxylic acids is 1. The first-order valence-electron chi connectivity index (χ1n) is 5.45. The maximum absolute atomic E-state index is 13.4. The lowest BCUT2D eigenvalue weighted by Crippen LogP contribution is -2.21. The number of hydrogen-bond acceptors (Lipinski definition) is 1. The zero-order chi connectivity index (χ0) is 14.7. The largest absolute Gasteiger partial charge is 0.323 e. The predicted molar refractivity (Wildman–Crippen MR) is 70.4 cm³/mol. The Balaban J connectivity index is 2.18. The fourth-order valence-corrected chi connectivity index (χ4v) is 1.70. The Kier molecular flexibility index (Phi) is 4.14. The summed E-state index contributed by atoms with van der Waals surface area (Å²) >= 11 is 5.71. The quantitative estimate of drug-likeness (QED) is 0.848. The summed E-state index contributed by atoms with van der Waals surface area (Å²) in [6.45, 7) is 0. The SMILES string of the molecule is O=C(Nc1c(F)cccc1F)Nc1c(F)cccc1Cl. The van der Waals surface area contributed by atoms with Crippen LogP contribution in [-0.4, -0.2) is 6.03 Å². The number of anilines is 2. The third kappa shape index (κ3) is 3.03. The maximum Gasteiger partial charge on any atom is 0.323 e. The van der Waals surface area contributed by atoms with E-state index in [1.807, 2.05) is 5.32 Å². The molecule has 0 heterocycles. The Hall–Kier alpha value is -2.21. The average molecular weight is 301 g/mol. The number of benzene rings is 2. The van der Waals surface area contributed by atoms with Crippen molar-refractivity contribution in [3.8, 4) is 0 Å². The van der Waals surface area contributed by atoms with Crippen LogP contribution in [0.4, 0.5) is 29.3 Å². The molecule has 0 radical (unpaired) electrons. The molecule has 0 bridgehead atoms. The Labute approximate surface area is 117 Å². The van der Waals surface area contributed by atoms with E-state index in [1.165, 1.54) is 12.1 Å². The molecule has 0 unspecified atom stereocenters. The monoisotopic (exact) mass is 300 g/mol. The summed E-state index contributed by atoms with van der Waals surface area (Å²) in [4.78, 5) is 11.6. The number of amides is 2. The minimum atomic E-state index is -1.01. The van der Waals surface area contributed by atoms with Crippen LogP contribution in [0.1, 0.15) is 0 Å². The zero-order valence-electron chi connectivity index (χ0n) is 9.88. The van der Waals surface area contributed by atoms with Gasteiger partial charge in [-0.15, -0.1) is 0 Å². The first kappa shape index (κ1) is 14.2. The number of hydrogen-bond donors (Lipinski definition) is 2. The zero-order valence-corrected chi connectivity index (χ0v) is 10.6. The normalized spacial score (nSPS) is 10.2. The van der Waals surface area contributed by atoms with Gasteiger partial charge in [-0.2, -0.15) is 0 Å². The van der Waals surface area contributed by atoms with Gasteiger partial charge in [-0.1, -0.05) is 23.7 Å². The van der Waals surface area contributed by atoms with Crippen LogP contribution in [0.25, 0.3) is 0 Å². The van der Waals surface area contributed by atoms with Crippen LogP contribution >= 0.6 is 11.6 Å². The van der Waals surface area contributed by atoms with E-state index in [1.54, 1.807) is 0 Å². The second-order valence-electron chi connectivity index (χ2n) is 3.77. The van der Waals surface area contributed by atoms with E-state index in [4.69, 9.17) is 11.6 Å². The van der Waals surface area contributed by atoms with Crippen molar-refractivity contribution in [2.24, 2.45) is 0 Å². The van der Waals surface area contributed by atoms with E-state index in [0.29, 0.717) is 0 Å². The molecule has 2 aromatic rings. The van der Waals surface area contributed by atoms with E-state index in [9.17, 15) is 18.0 Å². The van der Waals surface area contributed by atoms with Crippen molar-refractivity contribution >= 4 is 29.0 Å². The van der Waals surface area contributed by atoms with Crippen molar-refractivity contribution in [1.29, 1.82) is 0 Å².